The third-order valence-corrected chi connectivity index (χ3v) is 2.21. The van der Waals surface area contributed by atoms with Crippen molar-refractivity contribution in [2.45, 2.75) is 34.5 Å². The van der Waals surface area contributed by atoms with Crippen LogP contribution < -0.4 is 0 Å². The van der Waals surface area contributed by atoms with Crippen LogP contribution in [0.1, 0.15) is 26.7 Å². The van der Waals surface area contributed by atoms with Crippen LogP contribution in [0.15, 0.2) is 0 Å². The summed E-state index contributed by atoms with van der Waals surface area (Å²) in [6.45, 7) is 4.53. The monoisotopic (exact) mass is 338 g/mol. The van der Waals surface area contributed by atoms with Crippen LogP contribution in [0, 0.1) is 0 Å². The van der Waals surface area contributed by atoms with Gasteiger partial charge in [0.15, 0.2) is 0 Å². The van der Waals surface area contributed by atoms with E-state index < -0.39 is 0 Å². The predicted molar refractivity (Wildman–Crippen MR) is 56.2 cm³/mol. The second kappa shape index (κ2) is 5.26. The van der Waals surface area contributed by atoms with Gasteiger partial charge in [-0.3, -0.25) is 0 Å². The van der Waals surface area contributed by atoms with Crippen LogP contribution in [-0.2, 0) is 0 Å². The molecule has 0 bridgehead atoms. The molecule has 0 aromatic rings. The molecule has 0 nitrogen and oxygen atoms in total. The summed E-state index contributed by atoms with van der Waals surface area (Å²) < 4.78 is 1.70. The molecule has 0 heterocycles. The zero-order valence-electron chi connectivity index (χ0n) is 5.32. The fourth-order valence-electron chi connectivity index (χ4n) is 0.459. The number of halogens is 2. The molecular weight excluding hydrogens is 326 g/mol. The average Bonchev–Trinajstić information content (AvgIpc) is 1.61. The first kappa shape index (κ1) is 9.46. The molecule has 0 aliphatic carbocycles. The zero-order valence-corrected chi connectivity index (χ0v) is 9.64. The maximum Gasteiger partial charge on any atom is 0.00816 e. The number of alkyl halides is 2. The Morgan fingerprint density at radius 1 is 1.00 bits per heavy atom. The molecule has 0 aromatic heterocycles. The first-order valence-corrected chi connectivity index (χ1v) is 5.40. The van der Waals surface area contributed by atoms with Crippen molar-refractivity contribution in [3.63, 3.8) is 0 Å². The summed E-state index contributed by atoms with van der Waals surface area (Å²) in [5.41, 5.74) is 0. The van der Waals surface area contributed by atoms with E-state index in [1.807, 2.05) is 0 Å². The zero-order chi connectivity index (χ0) is 6.57. The molecule has 0 saturated carbocycles. The Balaban J connectivity index is 2.93. The maximum atomic E-state index is 2.47. The Bertz CT molecular complexity index is 42.5. The highest BCUT2D eigenvalue weighted by Gasteiger charge is 1.98. The Labute approximate surface area is 79.1 Å². The lowest BCUT2D eigenvalue weighted by molar-refractivity contribution is 0.753. The molecule has 0 radical (unpaired) electrons. The predicted octanol–water partition coefficient (Wildman–Crippen LogP) is 3.41. The van der Waals surface area contributed by atoms with Gasteiger partial charge in [0.25, 0.3) is 0 Å². The second-order valence-corrected chi connectivity index (χ2v) is 6.39. The molecule has 0 fully saturated rings. The summed E-state index contributed by atoms with van der Waals surface area (Å²) in [4.78, 5) is 0. The van der Waals surface area contributed by atoms with Gasteiger partial charge in [-0.2, -0.15) is 0 Å². The normalized spacial score (nSPS) is 18.0. The van der Waals surface area contributed by atoms with Gasteiger partial charge >= 0.3 is 0 Å². The lowest BCUT2D eigenvalue weighted by Crippen LogP contribution is -1.95. The largest absolute Gasteiger partial charge is 0.0829 e. The van der Waals surface area contributed by atoms with E-state index in [4.69, 9.17) is 0 Å². The number of hydrogen-bond acceptors (Lipinski definition) is 0. The van der Waals surface area contributed by atoms with Gasteiger partial charge < -0.3 is 0 Å². The van der Waals surface area contributed by atoms with Gasteiger partial charge in [-0.15, -0.1) is 0 Å². The van der Waals surface area contributed by atoms with E-state index in [9.17, 15) is 0 Å². The van der Waals surface area contributed by atoms with Gasteiger partial charge in [0, 0.05) is 7.85 Å². The minimum atomic E-state index is 0.852. The van der Waals surface area contributed by atoms with E-state index in [0.29, 0.717) is 0 Å². The second-order valence-electron chi connectivity index (χ2n) is 2.14. The standard InChI is InChI=1S/C6H12I2/c1-5(7)3-4-6(2)8/h5-6H,3-4H2,1-2H3. The van der Waals surface area contributed by atoms with Crippen LogP contribution in [0.3, 0.4) is 0 Å². The van der Waals surface area contributed by atoms with Crippen molar-refractivity contribution in [1.29, 1.82) is 0 Å². The van der Waals surface area contributed by atoms with Crippen LogP contribution in [0.4, 0.5) is 0 Å². The minimum Gasteiger partial charge on any atom is -0.0829 e. The molecule has 0 aliphatic heterocycles. The average molecular weight is 338 g/mol. The highest BCUT2D eigenvalue weighted by Crippen LogP contribution is 2.13. The van der Waals surface area contributed by atoms with Gasteiger partial charge in [-0.25, -0.2) is 0 Å². The van der Waals surface area contributed by atoms with Crippen LogP contribution in [0.5, 0.6) is 0 Å². The van der Waals surface area contributed by atoms with E-state index in [-0.39, 0.29) is 0 Å². The minimum absolute atomic E-state index is 0.852. The molecule has 50 valence electrons. The molecule has 0 rings (SSSR count). The van der Waals surface area contributed by atoms with Crippen LogP contribution in [-0.4, -0.2) is 7.85 Å². The molecule has 0 saturated heterocycles. The van der Waals surface area contributed by atoms with Gasteiger partial charge in [-0.05, 0) is 12.8 Å². The molecule has 0 spiro atoms. The van der Waals surface area contributed by atoms with Gasteiger partial charge in [0.2, 0.25) is 0 Å². The molecule has 2 atom stereocenters. The first-order chi connectivity index (χ1) is 3.63. The third-order valence-electron chi connectivity index (χ3n) is 0.962. The summed E-state index contributed by atoms with van der Waals surface area (Å²) in [6.07, 6.45) is 2.73. The quantitative estimate of drug-likeness (QED) is 0.547. The van der Waals surface area contributed by atoms with E-state index in [1.165, 1.54) is 12.8 Å². The molecule has 0 aliphatic rings. The highest BCUT2D eigenvalue weighted by atomic mass is 127. The van der Waals surface area contributed by atoms with Crippen LogP contribution in [0.25, 0.3) is 0 Å². The lowest BCUT2D eigenvalue weighted by atomic mass is 10.2. The summed E-state index contributed by atoms with van der Waals surface area (Å²) in [5, 5.41) is 0. The molecular formula is C6H12I2. The Morgan fingerprint density at radius 2 is 1.25 bits per heavy atom. The van der Waals surface area contributed by atoms with Gasteiger partial charge in [0.1, 0.15) is 0 Å². The number of rotatable bonds is 3. The Hall–Kier alpha value is 1.46. The summed E-state index contributed by atoms with van der Waals surface area (Å²) in [5.74, 6) is 0. The van der Waals surface area contributed by atoms with Crippen molar-refractivity contribution in [1.82, 2.24) is 0 Å². The molecule has 8 heavy (non-hydrogen) atoms. The van der Waals surface area contributed by atoms with Crippen molar-refractivity contribution in [3.05, 3.63) is 0 Å². The van der Waals surface area contributed by atoms with Gasteiger partial charge in [-0.1, -0.05) is 59.0 Å². The van der Waals surface area contributed by atoms with Crippen molar-refractivity contribution in [3.8, 4) is 0 Å². The van der Waals surface area contributed by atoms with E-state index in [2.05, 4.69) is 59.0 Å². The topological polar surface area (TPSA) is 0 Å². The van der Waals surface area contributed by atoms with Crippen molar-refractivity contribution >= 4 is 45.2 Å². The van der Waals surface area contributed by atoms with Crippen LogP contribution >= 0.6 is 45.2 Å². The smallest absolute Gasteiger partial charge is 0.00816 e. The molecule has 2 unspecified atom stereocenters. The van der Waals surface area contributed by atoms with E-state index in [0.717, 1.165) is 7.85 Å². The first-order valence-electron chi connectivity index (χ1n) is 2.91. The Morgan fingerprint density at radius 3 is 1.38 bits per heavy atom. The fraction of sp³-hybridized carbons (Fsp3) is 1.00. The van der Waals surface area contributed by atoms with Gasteiger partial charge in [0.05, 0.1) is 0 Å². The van der Waals surface area contributed by atoms with E-state index in [1.54, 1.807) is 0 Å². The van der Waals surface area contributed by atoms with Crippen molar-refractivity contribution in [2.75, 3.05) is 0 Å². The molecule has 0 amide bonds. The summed E-state index contributed by atoms with van der Waals surface area (Å²) in [6, 6.07) is 0. The Kier molecular flexibility index (Phi) is 6.22. The third kappa shape index (κ3) is 7.46. The molecule has 2 heteroatoms. The summed E-state index contributed by atoms with van der Waals surface area (Å²) >= 11 is 4.94. The SMILES string of the molecule is CC(I)CCC(C)I. The highest BCUT2D eigenvalue weighted by molar-refractivity contribution is 14.1. The van der Waals surface area contributed by atoms with Crippen molar-refractivity contribution in [2.24, 2.45) is 0 Å². The van der Waals surface area contributed by atoms with Crippen LogP contribution in [0.2, 0.25) is 0 Å². The lowest BCUT2D eigenvalue weighted by Gasteiger charge is -2.03. The number of hydrogen-bond donors (Lipinski definition) is 0. The summed E-state index contributed by atoms with van der Waals surface area (Å²) in [7, 11) is 0. The molecule has 0 N–H and O–H groups in total. The van der Waals surface area contributed by atoms with Crippen molar-refractivity contribution < 1.29 is 0 Å². The van der Waals surface area contributed by atoms with E-state index >= 15 is 0 Å². The fourth-order valence-corrected chi connectivity index (χ4v) is 1.18. The molecule has 0 aromatic carbocycles. The maximum absolute atomic E-state index is 2.47.